The minimum atomic E-state index is 0.0142. The van der Waals surface area contributed by atoms with Gasteiger partial charge in [-0.2, -0.15) is 10.4 Å². The van der Waals surface area contributed by atoms with Gasteiger partial charge < -0.3 is 0 Å². The third kappa shape index (κ3) is 2.82. The maximum atomic E-state index is 9.43. The fourth-order valence-corrected chi connectivity index (χ4v) is 3.38. The van der Waals surface area contributed by atoms with Gasteiger partial charge in [-0.25, -0.2) is 0 Å². The Hall–Kier alpha value is -1.79. The van der Waals surface area contributed by atoms with Crippen LogP contribution in [0.5, 0.6) is 0 Å². The van der Waals surface area contributed by atoms with Gasteiger partial charge in [-0.1, -0.05) is 41.9 Å². The molecule has 1 aliphatic carbocycles. The van der Waals surface area contributed by atoms with Gasteiger partial charge in [0.25, 0.3) is 0 Å². The zero-order chi connectivity index (χ0) is 14.8. The lowest BCUT2D eigenvalue weighted by atomic mass is 9.76. The van der Waals surface area contributed by atoms with E-state index in [4.69, 9.17) is 11.6 Å². The Balaban J connectivity index is 1.87. The van der Waals surface area contributed by atoms with Crippen molar-refractivity contribution in [1.82, 2.24) is 9.78 Å². The highest BCUT2D eigenvalue weighted by atomic mass is 35.5. The third-order valence-corrected chi connectivity index (χ3v) is 4.82. The largest absolute Gasteiger partial charge is 0.267 e. The lowest BCUT2D eigenvalue weighted by Gasteiger charge is -2.33. The lowest BCUT2D eigenvalue weighted by Crippen LogP contribution is -2.26. The Kier molecular flexibility index (Phi) is 3.98. The molecule has 2 aromatic rings. The molecule has 1 saturated carbocycles. The fourth-order valence-electron chi connectivity index (χ4n) is 3.25. The molecule has 0 radical (unpaired) electrons. The van der Waals surface area contributed by atoms with E-state index in [9.17, 15) is 5.26 Å². The summed E-state index contributed by atoms with van der Waals surface area (Å²) in [6.45, 7) is 1.90. The standard InChI is InChI=1S/C17H18ClN3/c1-12-16(18)11-21(20-12)17-9-14(7-8-15(17)10-19)13-5-3-2-4-6-13/h2-6,11,14-15,17H,7-9H2,1H3. The molecule has 0 bridgehead atoms. The van der Waals surface area contributed by atoms with E-state index in [-0.39, 0.29) is 12.0 Å². The summed E-state index contributed by atoms with van der Waals surface area (Å²) in [6, 6.07) is 13.1. The molecule has 1 aromatic carbocycles. The first-order valence-corrected chi connectivity index (χ1v) is 7.72. The zero-order valence-corrected chi connectivity index (χ0v) is 12.8. The molecule has 0 amide bonds. The predicted molar refractivity (Wildman–Crippen MR) is 83.1 cm³/mol. The van der Waals surface area contributed by atoms with Gasteiger partial charge >= 0.3 is 0 Å². The number of hydrogen-bond donors (Lipinski definition) is 0. The molecule has 3 unspecified atom stereocenters. The highest BCUT2D eigenvalue weighted by Crippen LogP contribution is 2.42. The average molecular weight is 300 g/mol. The first-order valence-electron chi connectivity index (χ1n) is 7.35. The molecule has 3 nitrogen and oxygen atoms in total. The van der Waals surface area contributed by atoms with Crippen LogP contribution in [0.4, 0.5) is 0 Å². The second kappa shape index (κ2) is 5.91. The number of aryl methyl sites for hydroxylation is 1. The van der Waals surface area contributed by atoms with Crippen LogP contribution >= 0.6 is 11.6 Å². The van der Waals surface area contributed by atoms with Crippen molar-refractivity contribution in [3.8, 4) is 6.07 Å². The second-order valence-corrected chi connectivity index (χ2v) is 6.17. The van der Waals surface area contributed by atoms with Crippen LogP contribution in [0.25, 0.3) is 0 Å². The number of benzene rings is 1. The first kappa shape index (κ1) is 14.2. The van der Waals surface area contributed by atoms with Crippen LogP contribution in [0.3, 0.4) is 0 Å². The van der Waals surface area contributed by atoms with Gasteiger partial charge in [0.15, 0.2) is 0 Å². The minimum absolute atomic E-state index is 0.0142. The monoisotopic (exact) mass is 299 g/mol. The SMILES string of the molecule is Cc1nn(C2CC(c3ccccc3)CCC2C#N)cc1Cl. The number of hydrogen-bond acceptors (Lipinski definition) is 2. The van der Waals surface area contributed by atoms with Crippen molar-refractivity contribution >= 4 is 11.6 Å². The van der Waals surface area contributed by atoms with Crippen molar-refractivity contribution in [3.63, 3.8) is 0 Å². The Morgan fingerprint density at radius 2 is 2.05 bits per heavy atom. The summed E-state index contributed by atoms with van der Waals surface area (Å²) in [6.07, 6.45) is 4.78. The number of rotatable bonds is 2. The van der Waals surface area contributed by atoms with Gasteiger partial charge in [-0.15, -0.1) is 0 Å². The van der Waals surface area contributed by atoms with Crippen molar-refractivity contribution in [2.24, 2.45) is 5.92 Å². The van der Waals surface area contributed by atoms with E-state index in [0.717, 1.165) is 25.0 Å². The van der Waals surface area contributed by atoms with Crippen LogP contribution < -0.4 is 0 Å². The third-order valence-electron chi connectivity index (χ3n) is 4.45. The maximum Gasteiger partial charge on any atom is 0.0815 e. The average Bonchev–Trinajstić information content (AvgIpc) is 2.87. The molecule has 21 heavy (non-hydrogen) atoms. The molecule has 3 atom stereocenters. The predicted octanol–water partition coefficient (Wildman–Crippen LogP) is 4.49. The molecular weight excluding hydrogens is 282 g/mol. The van der Waals surface area contributed by atoms with Crippen molar-refractivity contribution in [3.05, 3.63) is 52.8 Å². The van der Waals surface area contributed by atoms with Crippen LogP contribution in [0.1, 0.15) is 42.5 Å². The summed E-state index contributed by atoms with van der Waals surface area (Å²) in [4.78, 5) is 0. The summed E-state index contributed by atoms with van der Waals surface area (Å²) in [5, 5.41) is 14.6. The van der Waals surface area contributed by atoms with E-state index < -0.39 is 0 Å². The van der Waals surface area contributed by atoms with Crippen molar-refractivity contribution < 1.29 is 0 Å². The molecule has 3 rings (SSSR count). The normalized spacial score (nSPS) is 25.5. The van der Waals surface area contributed by atoms with Crippen molar-refractivity contribution in [1.29, 1.82) is 5.26 Å². The molecule has 1 heterocycles. The smallest absolute Gasteiger partial charge is 0.0815 e. The molecule has 1 aliphatic rings. The first-order chi connectivity index (χ1) is 10.2. The molecule has 1 fully saturated rings. The van der Waals surface area contributed by atoms with Gasteiger partial charge in [-0.05, 0) is 37.7 Å². The van der Waals surface area contributed by atoms with Crippen LogP contribution in [-0.2, 0) is 0 Å². The number of halogens is 1. The van der Waals surface area contributed by atoms with Gasteiger partial charge in [0.1, 0.15) is 0 Å². The van der Waals surface area contributed by atoms with E-state index >= 15 is 0 Å². The Bertz CT molecular complexity index is 637. The maximum absolute atomic E-state index is 9.43. The highest BCUT2D eigenvalue weighted by molar-refractivity contribution is 6.31. The summed E-state index contributed by atoms with van der Waals surface area (Å²) in [5.74, 6) is 0.504. The quantitative estimate of drug-likeness (QED) is 0.819. The van der Waals surface area contributed by atoms with E-state index in [1.54, 1.807) is 0 Å². The van der Waals surface area contributed by atoms with Gasteiger partial charge in [0.05, 0.1) is 28.7 Å². The Morgan fingerprint density at radius 1 is 1.29 bits per heavy atom. The lowest BCUT2D eigenvalue weighted by molar-refractivity contribution is 0.245. The minimum Gasteiger partial charge on any atom is -0.267 e. The highest BCUT2D eigenvalue weighted by Gasteiger charge is 2.33. The van der Waals surface area contributed by atoms with E-state index in [1.165, 1.54) is 5.56 Å². The molecule has 108 valence electrons. The molecule has 0 saturated heterocycles. The van der Waals surface area contributed by atoms with Gasteiger partial charge in [0, 0.05) is 6.20 Å². The molecule has 0 spiro atoms. The Morgan fingerprint density at radius 3 is 2.67 bits per heavy atom. The number of nitrogens with zero attached hydrogens (tertiary/aromatic N) is 3. The number of aromatic nitrogens is 2. The Labute approximate surface area is 130 Å². The van der Waals surface area contributed by atoms with Crippen LogP contribution in [0.2, 0.25) is 5.02 Å². The molecule has 1 aromatic heterocycles. The van der Waals surface area contributed by atoms with Crippen molar-refractivity contribution in [2.75, 3.05) is 0 Å². The number of nitriles is 1. The van der Waals surface area contributed by atoms with E-state index in [2.05, 4.69) is 35.4 Å². The van der Waals surface area contributed by atoms with Crippen LogP contribution in [-0.4, -0.2) is 9.78 Å². The van der Waals surface area contributed by atoms with Crippen LogP contribution in [0.15, 0.2) is 36.5 Å². The van der Waals surface area contributed by atoms with Crippen molar-refractivity contribution in [2.45, 2.75) is 38.1 Å². The van der Waals surface area contributed by atoms with E-state index in [1.807, 2.05) is 23.9 Å². The van der Waals surface area contributed by atoms with Gasteiger partial charge in [-0.3, -0.25) is 4.68 Å². The van der Waals surface area contributed by atoms with E-state index in [0.29, 0.717) is 10.9 Å². The second-order valence-electron chi connectivity index (χ2n) is 5.77. The van der Waals surface area contributed by atoms with Crippen LogP contribution in [0, 0.1) is 24.2 Å². The topological polar surface area (TPSA) is 41.6 Å². The molecule has 0 N–H and O–H groups in total. The summed E-state index contributed by atoms with van der Waals surface area (Å²) in [7, 11) is 0. The summed E-state index contributed by atoms with van der Waals surface area (Å²) in [5.41, 5.74) is 2.18. The molecule has 4 heteroatoms. The summed E-state index contributed by atoms with van der Waals surface area (Å²) >= 11 is 6.13. The van der Waals surface area contributed by atoms with Gasteiger partial charge in [0.2, 0.25) is 0 Å². The summed E-state index contributed by atoms with van der Waals surface area (Å²) < 4.78 is 1.90. The zero-order valence-electron chi connectivity index (χ0n) is 12.0. The fraction of sp³-hybridized carbons (Fsp3) is 0.412. The molecule has 0 aliphatic heterocycles. The molecular formula is C17H18ClN3.